The van der Waals surface area contributed by atoms with Gasteiger partial charge in [0.1, 0.15) is 0 Å². The summed E-state index contributed by atoms with van der Waals surface area (Å²) in [7, 11) is 1.25. The van der Waals surface area contributed by atoms with E-state index in [0.717, 1.165) is 56.4 Å². The van der Waals surface area contributed by atoms with Gasteiger partial charge >= 0.3 is 39.3 Å². The zero-order valence-electron chi connectivity index (χ0n) is 36.8. The molecule has 1 aliphatic carbocycles. The summed E-state index contributed by atoms with van der Waals surface area (Å²) in [4.78, 5) is 11.1. The molecule has 6 aromatic rings. The van der Waals surface area contributed by atoms with E-state index in [0.29, 0.717) is 23.7 Å². The third-order valence-corrected chi connectivity index (χ3v) is 10.9. The Labute approximate surface area is 374 Å². The quantitative estimate of drug-likeness (QED) is 0.129. The number of para-hydroxylation sites is 4. The van der Waals surface area contributed by atoms with Crippen molar-refractivity contribution in [3.63, 3.8) is 0 Å². The van der Waals surface area contributed by atoms with Crippen LogP contribution in [-0.4, -0.2) is 11.4 Å². The van der Waals surface area contributed by atoms with Crippen molar-refractivity contribution in [1.82, 2.24) is 0 Å². The first-order valence-electron chi connectivity index (χ1n) is 20.4. The van der Waals surface area contributed by atoms with Gasteiger partial charge in [0.2, 0.25) is 0 Å². The maximum absolute atomic E-state index is 5.68. The third-order valence-electron chi connectivity index (χ3n) is 10.9. The van der Waals surface area contributed by atoms with Crippen LogP contribution in [0.15, 0.2) is 119 Å². The molecule has 4 N–H and O–H groups in total. The molecule has 314 valence electrons. The van der Waals surface area contributed by atoms with Crippen molar-refractivity contribution in [2.24, 2.45) is 9.98 Å². The Bertz CT molecular complexity index is 2170. The van der Waals surface area contributed by atoms with Crippen molar-refractivity contribution in [2.45, 2.75) is 107 Å². The molecule has 0 saturated heterocycles. The number of rotatable bonds is 6. The Morgan fingerprint density at radius 2 is 0.678 bits per heavy atom. The molecule has 59 heavy (non-hydrogen) atoms. The van der Waals surface area contributed by atoms with Gasteiger partial charge in [-0.3, -0.25) is 0 Å². The van der Waals surface area contributed by atoms with Gasteiger partial charge in [0, 0.05) is 27.9 Å². The first-order valence-corrected chi connectivity index (χ1v) is 25.3. The second kappa shape index (κ2) is 22.0. The van der Waals surface area contributed by atoms with Crippen LogP contribution in [0.2, 0.25) is 0 Å². The Morgan fingerprint density at radius 1 is 0.424 bits per heavy atom. The van der Waals surface area contributed by atoms with Crippen LogP contribution in [-0.2, 0) is 10.9 Å². The molecule has 0 atom stereocenters. The third kappa shape index (κ3) is 11.6. The molecule has 6 aromatic carbocycles. The van der Waals surface area contributed by atoms with Crippen molar-refractivity contribution in [1.29, 1.82) is 0 Å². The second-order valence-corrected chi connectivity index (χ2v) is 21.5. The summed E-state index contributed by atoms with van der Waals surface area (Å²) in [6.07, 6.45) is 0. The second-order valence-electron chi connectivity index (χ2n) is 16.5. The van der Waals surface area contributed by atoms with Crippen molar-refractivity contribution >= 4 is 73.4 Å². The molecule has 0 spiro atoms. The van der Waals surface area contributed by atoms with Gasteiger partial charge in [-0.2, -0.15) is 0 Å². The molecule has 0 unspecified atom stereocenters. The molecule has 7 rings (SSSR count). The van der Waals surface area contributed by atoms with Crippen LogP contribution < -0.4 is 11.5 Å². The summed E-state index contributed by atoms with van der Waals surface area (Å²) in [5.41, 5.74) is 29.5. The van der Waals surface area contributed by atoms with Crippen molar-refractivity contribution < 1.29 is 10.9 Å². The average molecular weight is 962 g/mol. The Kier molecular flexibility index (Phi) is 17.8. The molecule has 0 fully saturated rings. The molecule has 0 bridgehead atoms. The van der Waals surface area contributed by atoms with E-state index >= 15 is 0 Å². The summed E-state index contributed by atoms with van der Waals surface area (Å²) in [6.45, 7) is 26.1. The number of aliphatic imine (C=N–C) groups is 2. The predicted molar refractivity (Wildman–Crippen MR) is 264 cm³/mol. The van der Waals surface area contributed by atoms with Crippen molar-refractivity contribution in [3.8, 4) is 0 Å². The van der Waals surface area contributed by atoms with Gasteiger partial charge in [0.25, 0.3) is 0 Å². The predicted octanol–water partition coefficient (Wildman–Crippen LogP) is 16.0. The molecule has 0 amide bonds. The minimum absolute atomic E-state index is 0.377. The van der Waals surface area contributed by atoms with Crippen LogP contribution >= 0.6 is 28.5 Å². The van der Waals surface area contributed by atoms with Gasteiger partial charge in [0.15, 0.2) is 0 Å². The van der Waals surface area contributed by atoms with Gasteiger partial charge < -0.3 is 11.5 Å². The van der Waals surface area contributed by atoms with E-state index in [9.17, 15) is 0 Å². The van der Waals surface area contributed by atoms with Gasteiger partial charge in [-0.15, -0.1) is 0 Å². The van der Waals surface area contributed by atoms with E-state index in [-0.39, 0.29) is 0 Å². The first-order chi connectivity index (χ1) is 28.0. The molecule has 0 saturated carbocycles. The number of nitrogen functional groups attached to an aromatic ring is 2. The van der Waals surface area contributed by atoms with Gasteiger partial charge in [-0.05, 0) is 101 Å². The number of nitrogens with zero attached hydrogens (tertiary/aromatic N) is 2. The fourth-order valence-electron chi connectivity index (χ4n) is 7.38. The van der Waals surface area contributed by atoms with E-state index in [4.69, 9.17) is 21.5 Å². The Morgan fingerprint density at radius 3 is 0.932 bits per heavy atom. The van der Waals surface area contributed by atoms with Crippen LogP contribution in [0.4, 0.5) is 22.7 Å². The first kappa shape index (κ1) is 47.6. The SMILES string of the molecule is CC(C)c1cccc(C(C)C)c1N=C1C(=Nc2c(C(C)C)cccc2C(C)C)c2cccc3cccc1c23.Cc1cccc(C)c1N.Cc1cccc(C)c1N.[Br][Ni][Br]. The van der Waals surface area contributed by atoms with Crippen LogP contribution in [0.3, 0.4) is 0 Å². The number of hydrogen-bond donors (Lipinski definition) is 2. The van der Waals surface area contributed by atoms with E-state index in [1.807, 2.05) is 64.1 Å². The van der Waals surface area contributed by atoms with Crippen LogP contribution in [0.1, 0.15) is 135 Å². The molecule has 0 radical (unpaired) electrons. The Hall–Kier alpha value is -4.03. The summed E-state index contributed by atoms with van der Waals surface area (Å²) in [5.74, 6) is 1.51. The number of halogens is 2. The molecule has 4 nitrogen and oxygen atoms in total. The average Bonchev–Trinajstić information content (AvgIpc) is 3.49. The van der Waals surface area contributed by atoms with E-state index in [1.54, 1.807) is 0 Å². The standard InChI is InChI=1S/C36H40N2.2C8H11N.2BrH.Ni/c1-21(2)26-15-11-16-27(22(3)4)33(26)37-35-30-19-9-13-25-14-10-20-31(32(25)30)36(35)38-34-28(23(5)6)17-12-18-29(34)24(7)8;2*1-6-4-3-5-7(2)8(6)9;;;/h9-24H,1-8H3;2*3-5H,9H2,1-2H3;2*1H;/q;;;;;+2/p-2. The summed E-state index contributed by atoms with van der Waals surface area (Å²) in [6, 6.07) is 38.5. The topological polar surface area (TPSA) is 76.8 Å². The summed E-state index contributed by atoms with van der Waals surface area (Å²) in [5, 5.41) is 2.49. The monoisotopic (exact) mass is 958 g/mol. The number of benzene rings is 6. The van der Waals surface area contributed by atoms with Crippen molar-refractivity contribution in [3.05, 3.63) is 165 Å². The molecule has 0 aliphatic heterocycles. The van der Waals surface area contributed by atoms with Gasteiger partial charge in [-0.25, -0.2) is 9.98 Å². The maximum atomic E-state index is 5.68. The van der Waals surface area contributed by atoms with Gasteiger partial charge in [-0.1, -0.05) is 165 Å². The number of hydrogen-bond acceptors (Lipinski definition) is 4. The summed E-state index contributed by atoms with van der Waals surface area (Å²) >= 11 is 6.00. The van der Waals surface area contributed by atoms with E-state index in [1.165, 1.54) is 55.1 Å². The molecular weight excluding hydrogens is 899 g/mol. The number of anilines is 2. The normalized spacial score (nSPS) is 13.2. The van der Waals surface area contributed by atoms with E-state index < -0.39 is 0 Å². The van der Waals surface area contributed by atoms with Crippen LogP contribution in [0.25, 0.3) is 10.8 Å². The number of aryl methyl sites for hydroxylation is 4. The fourth-order valence-corrected chi connectivity index (χ4v) is 7.38. The fraction of sp³-hybridized carbons (Fsp3) is 0.308. The zero-order valence-corrected chi connectivity index (χ0v) is 41.0. The molecular formula is C52H62Br2N4Ni. The van der Waals surface area contributed by atoms with Crippen molar-refractivity contribution in [2.75, 3.05) is 11.5 Å². The summed E-state index contributed by atoms with van der Waals surface area (Å²) < 4.78 is 0. The Balaban J connectivity index is 0.000000297. The minimum atomic E-state index is 0.377. The molecule has 1 aliphatic rings. The molecule has 7 heteroatoms. The van der Waals surface area contributed by atoms with Crippen LogP contribution in [0, 0.1) is 27.7 Å². The number of nitrogens with two attached hydrogens (primary N) is 2. The van der Waals surface area contributed by atoms with E-state index in [2.05, 4.69) is 157 Å². The molecule has 0 aromatic heterocycles. The van der Waals surface area contributed by atoms with Crippen LogP contribution in [0.5, 0.6) is 0 Å². The zero-order chi connectivity index (χ0) is 43.6. The van der Waals surface area contributed by atoms with Gasteiger partial charge in [0.05, 0.1) is 22.8 Å². The molecule has 0 heterocycles.